The van der Waals surface area contributed by atoms with Gasteiger partial charge >= 0.3 is 6.09 Å². The van der Waals surface area contributed by atoms with E-state index in [0.29, 0.717) is 13.1 Å². The Morgan fingerprint density at radius 2 is 2.19 bits per heavy atom. The third kappa shape index (κ3) is 3.64. The molecule has 2 atom stereocenters. The van der Waals surface area contributed by atoms with E-state index in [2.05, 4.69) is 5.32 Å². The Morgan fingerprint density at radius 1 is 1.56 bits per heavy atom. The average molecular weight is 230 g/mol. The molecule has 5 nitrogen and oxygen atoms in total. The van der Waals surface area contributed by atoms with Crippen molar-refractivity contribution in [1.29, 1.82) is 0 Å². The number of hydrogen-bond acceptors (Lipinski definition) is 4. The lowest BCUT2D eigenvalue weighted by molar-refractivity contribution is 0.000250. The predicted octanol–water partition coefficient (Wildman–Crippen LogP) is 0.576. The number of carbonyl (C=O) groups excluding carboxylic acids is 1. The highest BCUT2D eigenvalue weighted by Gasteiger charge is 2.32. The number of nitrogens with zero attached hydrogens (tertiary/aromatic N) is 1. The molecule has 1 aliphatic rings. The van der Waals surface area contributed by atoms with Gasteiger partial charge < -0.3 is 20.1 Å². The van der Waals surface area contributed by atoms with E-state index in [1.807, 2.05) is 27.7 Å². The van der Waals surface area contributed by atoms with Crippen molar-refractivity contribution in [3.8, 4) is 0 Å². The van der Waals surface area contributed by atoms with Gasteiger partial charge in [0.25, 0.3) is 0 Å². The highest BCUT2D eigenvalue weighted by Crippen LogP contribution is 2.14. The summed E-state index contributed by atoms with van der Waals surface area (Å²) in [6.45, 7) is 8.65. The van der Waals surface area contributed by atoms with E-state index in [-0.39, 0.29) is 24.8 Å². The summed E-state index contributed by atoms with van der Waals surface area (Å²) in [6.07, 6.45) is -0.347. The summed E-state index contributed by atoms with van der Waals surface area (Å²) in [6, 6.07) is 0.0429. The van der Waals surface area contributed by atoms with Crippen LogP contribution in [0.4, 0.5) is 4.79 Å². The Labute approximate surface area is 96.8 Å². The Balaban J connectivity index is 2.63. The molecular weight excluding hydrogens is 208 g/mol. The van der Waals surface area contributed by atoms with E-state index >= 15 is 0 Å². The summed E-state index contributed by atoms with van der Waals surface area (Å²) in [5.41, 5.74) is -0.495. The molecule has 0 aromatic carbocycles. The van der Waals surface area contributed by atoms with E-state index in [0.717, 1.165) is 0 Å². The fourth-order valence-corrected chi connectivity index (χ4v) is 1.66. The van der Waals surface area contributed by atoms with Crippen molar-refractivity contribution >= 4 is 6.09 Å². The molecule has 2 N–H and O–H groups in total. The summed E-state index contributed by atoms with van der Waals surface area (Å²) >= 11 is 0. The number of aliphatic hydroxyl groups excluding tert-OH is 1. The molecule has 0 saturated carbocycles. The van der Waals surface area contributed by atoms with Crippen LogP contribution < -0.4 is 5.32 Å². The third-order valence-corrected chi connectivity index (χ3v) is 2.45. The molecule has 1 heterocycles. The lowest BCUT2D eigenvalue weighted by Gasteiger charge is -2.39. The molecule has 16 heavy (non-hydrogen) atoms. The fraction of sp³-hybridized carbons (Fsp3) is 0.909. The van der Waals surface area contributed by atoms with E-state index in [4.69, 9.17) is 4.74 Å². The maximum Gasteiger partial charge on any atom is 0.410 e. The van der Waals surface area contributed by atoms with Gasteiger partial charge in [-0.25, -0.2) is 4.79 Å². The van der Waals surface area contributed by atoms with Crippen molar-refractivity contribution < 1.29 is 14.6 Å². The minimum absolute atomic E-state index is 0.0427. The number of ether oxygens (including phenoxy) is 1. The van der Waals surface area contributed by atoms with Gasteiger partial charge in [0.1, 0.15) is 5.60 Å². The highest BCUT2D eigenvalue weighted by atomic mass is 16.6. The molecule has 1 fully saturated rings. The SMILES string of the molecule is CC1CN(C(=O)OC(C)(C)C)C(CO)CN1. The zero-order valence-electron chi connectivity index (χ0n) is 10.5. The molecule has 5 heteroatoms. The van der Waals surface area contributed by atoms with E-state index < -0.39 is 5.60 Å². The van der Waals surface area contributed by atoms with E-state index in [1.165, 1.54) is 0 Å². The quantitative estimate of drug-likeness (QED) is 0.691. The number of piperazine rings is 1. The molecule has 1 saturated heterocycles. The van der Waals surface area contributed by atoms with Gasteiger partial charge in [0.2, 0.25) is 0 Å². The largest absolute Gasteiger partial charge is 0.444 e. The Kier molecular flexibility index (Phi) is 4.15. The third-order valence-electron chi connectivity index (χ3n) is 2.45. The molecule has 1 aliphatic heterocycles. The maximum absolute atomic E-state index is 11.9. The Morgan fingerprint density at radius 3 is 2.69 bits per heavy atom. The summed E-state index contributed by atoms with van der Waals surface area (Å²) in [4.78, 5) is 13.5. The number of hydrogen-bond donors (Lipinski definition) is 2. The molecule has 1 rings (SSSR count). The van der Waals surface area contributed by atoms with Crippen molar-refractivity contribution in [2.24, 2.45) is 0 Å². The molecule has 0 bridgehead atoms. The molecular formula is C11H22N2O3. The summed E-state index contributed by atoms with van der Waals surface area (Å²) in [7, 11) is 0. The molecule has 1 amide bonds. The van der Waals surface area contributed by atoms with Crippen LogP contribution in [-0.4, -0.2) is 53.5 Å². The first-order valence-corrected chi connectivity index (χ1v) is 5.67. The molecule has 0 spiro atoms. The second-order valence-corrected chi connectivity index (χ2v) is 5.28. The van der Waals surface area contributed by atoms with Crippen LogP contribution in [0, 0.1) is 0 Å². The van der Waals surface area contributed by atoms with Crippen molar-refractivity contribution in [2.75, 3.05) is 19.7 Å². The molecule has 2 unspecified atom stereocenters. The minimum atomic E-state index is -0.495. The van der Waals surface area contributed by atoms with Gasteiger partial charge in [0, 0.05) is 19.1 Å². The van der Waals surface area contributed by atoms with Crippen molar-refractivity contribution in [1.82, 2.24) is 10.2 Å². The number of rotatable bonds is 1. The number of aliphatic hydroxyl groups is 1. The van der Waals surface area contributed by atoms with Crippen LogP contribution in [0.2, 0.25) is 0 Å². The minimum Gasteiger partial charge on any atom is -0.444 e. The van der Waals surface area contributed by atoms with Gasteiger partial charge in [-0.1, -0.05) is 0 Å². The standard InChI is InChI=1S/C11H22N2O3/c1-8-6-13(9(7-14)5-12-8)10(15)16-11(2,3)4/h8-9,12,14H,5-7H2,1-4H3. The predicted molar refractivity (Wildman–Crippen MR) is 61.3 cm³/mol. The van der Waals surface area contributed by atoms with Crippen LogP contribution in [0.15, 0.2) is 0 Å². The summed E-state index contributed by atoms with van der Waals surface area (Å²) < 4.78 is 5.31. The zero-order chi connectivity index (χ0) is 12.3. The summed E-state index contributed by atoms with van der Waals surface area (Å²) in [5, 5.41) is 12.4. The van der Waals surface area contributed by atoms with Crippen LogP contribution >= 0.6 is 0 Å². The second kappa shape index (κ2) is 5.01. The number of carbonyl (C=O) groups is 1. The van der Waals surface area contributed by atoms with Crippen LogP contribution in [0.25, 0.3) is 0 Å². The van der Waals surface area contributed by atoms with Gasteiger partial charge in [-0.2, -0.15) is 0 Å². The fourth-order valence-electron chi connectivity index (χ4n) is 1.66. The second-order valence-electron chi connectivity index (χ2n) is 5.28. The number of amides is 1. The maximum atomic E-state index is 11.9. The molecule has 0 aliphatic carbocycles. The Bertz CT molecular complexity index is 250. The Hall–Kier alpha value is -0.810. The van der Waals surface area contributed by atoms with Crippen molar-refractivity contribution in [3.05, 3.63) is 0 Å². The van der Waals surface area contributed by atoms with Gasteiger partial charge in [-0.05, 0) is 27.7 Å². The van der Waals surface area contributed by atoms with Crippen molar-refractivity contribution in [2.45, 2.75) is 45.4 Å². The zero-order valence-corrected chi connectivity index (χ0v) is 10.5. The van der Waals surface area contributed by atoms with Gasteiger partial charge in [0.05, 0.1) is 12.6 Å². The van der Waals surface area contributed by atoms with Crippen LogP contribution in [0.1, 0.15) is 27.7 Å². The normalized spacial score (nSPS) is 26.7. The lowest BCUT2D eigenvalue weighted by atomic mass is 10.1. The lowest BCUT2D eigenvalue weighted by Crippen LogP contribution is -2.59. The monoisotopic (exact) mass is 230 g/mol. The smallest absolute Gasteiger partial charge is 0.410 e. The van der Waals surface area contributed by atoms with Gasteiger partial charge in [-0.15, -0.1) is 0 Å². The van der Waals surface area contributed by atoms with E-state index in [9.17, 15) is 9.90 Å². The first-order chi connectivity index (χ1) is 7.33. The topological polar surface area (TPSA) is 61.8 Å². The molecule has 0 radical (unpaired) electrons. The van der Waals surface area contributed by atoms with Crippen LogP contribution in [-0.2, 0) is 4.74 Å². The first-order valence-electron chi connectivity index (χ1n) is 5.67. The highest BCUT2D eigenvalue weighted by molar-refractivity contribution is 5.68. The molecule has 0 aromatic heterocycles. The van der Waals surface area contributed by atoms with Crippen LogP contribution in [0.5, 0.6) is 0 Å². The van der Waals surface area contributed by atoms with Crippen LogP contribution in [0.3, 0.4) is 0 Å². The summed E-state index contributed by atoms with van der Waals surface area (Å²) in [5.74, 6) is 0. The molecule has 94 valence electrons. The first kappa shape index (κ1) is 13.3. The van der Waals surface area contributed by atoms with Gasteiger partial charge in [0.15, 0.2) is 0 Å². The van der Waals surface area contributed by atoms with E-state index in [1.54, 1.807) is 4.90 Å². The van der Waals surface area contributed by atoms with Crippen molar-refractivity contribution in [3.63, 3.8) is 0 Å². The molecule has 0 aromatic rings. The number of nitrogens with one attached hydrogen (secondary N) is 1. The van der Waals surface area contributed by atoms with Gasteiger partial charge in [-0.3, -0.25) is 0 Å². The average Bonchev–Trinajstić information content (AvgIpc) is 2.15.